The number of hydrogen-bond donors (Lipinski definition) is 1. The maximum atomic E-state index is 6.16. The summed E-state index contributed by atoms with van der Waals surface area (Å²) in [5.41, 5.74) is 3.73. The largest absolute Gasteiger partial charge is 0.497 e. The molecule has 0 amide bonds. The Hall–Kier alpha value is -2.00. The van der Waals surface area contributed by atoms with Crippen LogP contribution < -0.4 is 10.1 Å². The van der Waals surface area contributed by atoms with Gasteiger partial charge >= 0.3 is 0 Å². The maximum absolute atomic E-state index is 6.16. The third-order valence-corrected chi connectivity index (χ3v) is 4.83. The first-order chi connectivity index (χ1) is 10.9. The van der Waals surface area contributed by atoms with E-state index in [-0.39, 0.29) is 6.10 Å². The summed E-state index contributed by atoms with van der Waals surface area (Å²) < 4.78 is 11.6. The predicted molar refractivity (Wildman–Crippen MR) is 87.2 cm³/mol. The number of anilines is 1. The molecule has 0 saturated carbocycles. The summed E-state index contributed by atoms with van der Waals surface area (Å²) in [5.74, 6) is 1.36. The molecule has 0 spiro atoms. The van der Waals surface area contributed by atoms with Crippen LogP contribution in [0.5, 0.6) is 5.75 Å². The molecule has 0 bridgehead atoms. The molecule has 1 N–H and O–H groups in total. The third-order valence-electron chi connectivity index (χ3n) is 4.83. The molecule has 2 aliphatic rings. The van der Waals surface area contributed by atoms with E-state index in [1.54, 1.807) is 7.11 Å². The van der Waals surface area contributed by atoms with E-state index in [1.165, 1.54) is 17.5 Å². The Kier molecular flexibility index (Phi) is 3.51. The minimum absolute atomic E-state index is 0.158. The first-order valence-electron chi connectivity index (χ1n) is 7.98. The summed E-state index contributed by atoms with van der Waals surface area (Å²) in [6.07, 6.45) is 2.48. The van der Waals surface area contributed by atoms with E-state index in [2.05, 4.69) is 47.8 Å². The van der Waals surface area contributed by atoms with Crippen molar-refractivity contribution in [2.45, 2.75) is 25.0 Å². The van der Waals surface area contributed by atoms with Crippen molar-refractivity contribution in [3.8, 4) is 5.75 Å². The van der Waals surface area contributed by atoms with E-state index in [1.807, 2.05) is 6.07 Å². The molecule has 2 heterocycles. The van der Waals surface area contributed by atoms with Gasteiger partial charge in [-0.3, -0.25) is 0 Å². The van der Waals surface area contributed by atoms with Crippen LogP contribution in [0.25, 0.3) is 0 Å². The molecular weight excluding hydrogens is 274 g/mol. The van der Waals surface area contributed by atoms with Crippen molar-refractivity contribution >= 4 is 5.69 Å². The van der Waals surface area contributed by atoms with Crippen molar-refractivity contribution in [2.24, 2.45) is 5.92 Å². The molecule has 2 aromatic rings. The smallest absolute Gasteiger partial charge is 0.119 e. The number of methoxy groups -OCH3 is 1. The van der Waals surface area contributed by atoms with Gasteiger partial charge in [-0.15, -0.1) is 0 Å². The number of benzene rings is 2. The van der Waals surface area contributed by atoms with E-state index in [0.717, 1.165) is 24.5 Å². The highest BCUT2D eigenvalue weighted by atomic mass is 16.5. The molecule has 114 valence electrons. The van der Waals surface area contributed by atoms with Crippen LogP contribution in [0.3, 0.4) is 0 Å². The van der Waals surface area contributed by atoms with Crippen LogP contribution in [-0.4, -0.2) is 13.7 Å². The van der Waals surface area contributed by atoms with Gasteiger partial charge in [-0.05, 0) is 36.6 Å². The minimum Gasteiger partial charge on any atom is -0.497 e. The second-order valence-corrected chi connectivity index (χ2v) is 6.08. The molecule has 0 aromatic heterocycles. The SMILES string of the molecule is COc1ccc2c(c1)[C@@H]1OCCC[C@@H]1C(c1ccccc1)N2. The predicted octanol–water partition coefficient (Wildman–Crippen LogP) is 4.33. The van der Waals surface area contributed by atoms with Crippen LogP contribution >= 0.6 is 0 Å². The Morgan fingerprint density at radius 3 is 2.82 bits per heavy atom. The van der Waals surface area contributed by atoms with Gasteiger partial charge in [0.1, 0.15) is 5.75 Å². The maximum Gasteiger partial charge on any atom is 0.119 e. The van der Waals surface area contributed by atoms with Crippen molar-refractivity contribution in [3.63, 3.8) is 0 Å². The normalized spacial score (nSPS) is 26.5. The summed E-state index contributed by atoms with van der Waals surface area (Å²) in [5, 5.41) is 3.73. The highest BCUT2D eigenvalue weighted by molar-refractivity contribution is 5.59. The fourth-order valence-corrected chi connectivity index (χ4v) is 3.77. The zero-order chi connectivity index (χ0) is 14.9. The lowest BCUT2D eigenvalue weighted by Gasteiger charge is -2.43. The van der Waals surface area contributed by atoms with Crippen molar-refractivity contribution in [3.05, 3.63) is 59.7 Å². The zero-order valence-electron chi connectivity index (χ0n) is 12.8. The number of rotatable bonds is 2. The van der Waals surface area contributed by atoms with Crippen LogP contribution in [-0.2, 0) is 4.74 Å². The van der Waals surface area contributed by atoms with Crippen LogP contribution in [0.2, 0.25) is 0 Å². The van der Waals surface area contributed by atoms with Crippen LogP contribution in [0, 0.1) is 5.92 Å². The van der Waals surface area contributed by atoms with Gasteiger partial charge in [0.25, 0.3) is 0 Å². The summed E-state index contributed by atoms with van der Waals surface area (Å²) >= 11 is 0. The molecule has 0 radical (unpaired) electrons. The standard InChI is InChI=1S/C19H21NO2/c1-21-14-9-10-17-16(12-14)19-15(8-5-11-22-19)18(20-17)13-6-3-2-4-7-13/h2-4,6-7,9-10,12,15,18-20H,5,8,11H2,1H3/t15-,18?,19-/m1/s1. The van der Waals surface area contributed by atoms with Crippen LogP contribution in [0.1, 0.15) is 36.1 Å². The molecule has 3 nitrogen and oxygen atoms in total. The zero-order valence-corrected chi connectivity index (χ0v) is 12.8. The van der Waals surface area contributed by atoms with Crippen molar-refractivity contribution < 1.29 is 9.47 Å². The molecule has 4 rings (SSSR count). The van der Waals surface area contributed by atoms with Gasteiger partial charge in [0.05, 0.1) is 19.3 Å². The molecule has 1 unspecified atom stereocenters. The second-order valence-electron chi connectivity index (χ2n) is 6.08. The quantitative estimate of drug-likeness (QED) is 0.894. The number of nitrogens with one attached hydrogen (secondary N) is 1. The van der Waals surface area contributed by atoms with Crippen LogP contribution in [0.4, 0.5) is 5.69 Å². The number of ether oxygens (including phenoxy) is 2. The average molecular weight is 295 g/mol. The van der Waals surface area contributed by atoms with Crippen molar-refractivity contribution in [1.82, 2.24) is 0 Å². The van der Waals surface area contributed by atoms with Gasteiger partial charge < -0.3 is 14.8 Å². The van der Waals surface area contributed by atoms with E-state index >= 15 is 0 Å². The van der Waals surface area contributed by atoms with E-state index < -0.39 is 0 Å². The fraction of sp³-hybridized carbons (Fsp3) is 0.368. The lowest BCUT2D eigenvalue weighted by atomic mass is 9.77. The van der Waals surface area contributed by atoms with E-state index in [0.29, 0.717) is 12.0 Å². The molecule has 2 aliphatic heterocycles. The monoisotopic (exact) mass is 295 g/mol. The molecule has 3 atom stereocenters. The summed E-state index contributed by atoms with van der Waals surface area (Å²) in [4.78, 5) is 0. The second kappa shape index (κ2) is 5.65. The van der Waals surface area contributed by atoms with Gasteiger partial charge in [0, 0.05) is 23.8 Å². The van der Waals surface area contributed by atoms with Crippen LogP contribution in [0.15, 0.2) is 48.5 Å². The molecule has 1 fully saturated rings. The molecule has 3 heteroatoms. The van der Waals surface area contributed by atoms with Gasteiger partial charge in [-0.2, -0.15) is 0 Å². The fourth-order valence-electron chi connectivity index (χ4n) is 3.77. The minimum atomic E-state index is 0.158. The van der Waals surface area contributed by atoms with Gasteiger partial charge in [-0.25, -0.2) is 0 Å². The Morgan fingerprint density at radius 1 is 1.14 bits per heavy atom. The lowest BCUT2D eigenvalue weighted by Crippen LogP contribution is -2.35. The third kappa shape index (κ3) is 2.26. The Balaban J connectivity index is 1.77. The summed E-state index contributed by atoms with van der Waals surface area (Å²) in [6, 6.07) is 17.3. The molecule has 22 heavy (non-hydrogen) atoms. The lowest BCUT2D eigenvalue weighted by molar-refractivity contribution is -0.0382. The first-order valence-corrected chi connectivity index (χ1v) is 7.98. The van der Waals surface area contributed by atoms with Gasteiger partial charge in [0.15, 0.2) is 0 Å². The van der Waals surface area contributed by atoms with Gasteiger partial charge in [-0.1, -0.05) is 30.3 Å². The summed E-state index contributed by atoms with van der Waals surface area (Å²) in [6.45, 7) is 0.847. The highest BCUT2D eigenvalue weighted by Gasteiger charge is 2.39. The average Bonchev–Trinajstić information content (AvgIpc) is 2.61. The molecule has 0 aliphatic carbocycles. The first kappa shape index (κ1) is 13.6. The Bertz CT molecular complexity index is 656. The molecule has 2 aromatic carbocycles. The van der Waals surface area contributed by atoms with E-state index in [4.69, 9.17) is 9.47 Å². The molecule has 1 saturated heterocycles. The number of hydrogen-bond acceptors (Lipinski definition) is 3. The van der Waals surface area contributed by atoms with E-state index in [9.17, 15) is 0 Å². The Labute approximate surface area is 131 Å². The van der Waals surface area contributed by atoms with Gasteiger partial charge in [0.2, 0.25) is 0 Å². The number of fused-ring (bicyclic) bond motifs is 3. The Morgan fingerprint density at radius 2 is 2.00 bits per heavy atom. The van der Waals surface area contributed by atoms with Crippen molar-refractivity contribution in [1.29, 1.82) is 0 Å². The topological polar surface area (TPSA) is 30.5 Å². The summed E-state index contributed by atoms with van der Waals surface area (Å²) in [7, 11) is 1.71. The van der Waals surface area contributed by atoms with Crippen molar-refractivity contribution in [2.75, 3.05) is 19.0 Å². The highest BCUT2D eigenvalue weighted by Crippen LogP contribution is 2.49. The molecular formula is C19H21NO2.